The molecule has 18 heavy (non-hydrogen) atoms. The largest absolute Gasteiger partial charge is 0.346 e. The number of rotatable bonds is 8. The minimum absolute atomic E-state index is 0.284. The van der Waals surface area contributed by atoms with E-state index in [-0.39, 0.29) is 13.2 Å². The van der Waals surface area contributed by atoms with E-state index in [9.17, 15) is 18.4 Å². The number of ether oxygens (including phenoxy) is 2. The van der Waals surface area contributed by atoms with E-state index in [0.717, 1.165) is 0 Å². The second-order valence-corrected chi connectivity index (χ2v) is 4.31. The van der Waals surface area contributed by atoms with Crippen molar-refractivity contribution in [2.24, 2.45) is 5.92 Å². The van der Waals surface area contributed by atoms with Crippen molar-refractivity contribution in [1.82, 2.24) is 0 Å². The number of carbonyl (C=O) groups excluding carboxylic acids is 2. The lowest BCUT2D eigenvalue weighted by Gasteiger charge is -2.33. The molecule has 0 heterocycles. The monoisotopic (exact) mass is 264 g/mol. The predicted octanol–water partition coefficient (Wildman–Crippen LogP) is 1.96. The van der Waals surface area contributed by atoms with Crippen LogP contribution in [0.25, 0.3) is 0 Å². The van der Waals surface area contributed by atoms with Crippen LogP contribution in [0, 0.1) is 5.92 Å². The van der Waals surface area contributed by atoms with E-state index in [2.05, 4.69) is 0 Å². The van der Waals surface area contributed by atoms with Gasteiger partial charge in [-0.1, -0.05) is 0 Å². The average molecular weight is 264 g/mol. The highest BCUT2D eigenvalue weighted by atomic mass is 19.3. The highest BCUT2D eigenvalue weighted by molar-refractivity contribution is 6.01. The van der Waals surface area contributed by atoms with Crippen molar-refractivity contribution in [1.29, 1.82) is 0 Å². The van der Waals surface area contributed by atoms with E-state index in [4.69, 9.17) is 9.47 Å². The van der Waals surface area contributed by atoms with Gasteiger partial charge in [0.1, 0.15) is 5.78 Å². The molecule has 0 aromatic heterocycles. The van der Waals surface area contributed by atoms with Crippen molar-refractivity contribution in [3.63, 3.8) is 0 Å². The third-order valence-corrected chi connectivity index (χ3v) is 2.79. The summed E-state index contributed by atoms with van der Waals surface area (Å²) in [6, 6.07) is 0. The van der Waals surface area contributed by atoms with Crippen LogP contribution in [0.15, 0.2) is 0 Å². The molecule has 1 aliphatic carbocycles. The van der Waals surface area contributed by atoms with Crippen LogP contribution in [0.1, 0.15) is 33.1 Å². The molecule has 6 heteroatoms. The van der Waals surface area contributed by atoms with Crippen molar-refractivity contribution in [3.8, 4) is 0 Å². The Balaban J connectivity index is 2.40. The molecule has 104 valence electrons. The third kappa shape index (κ3) is 4.10. The van der Waals surface area contributed by atoms with Crippen LogP contribution in [0.2, 0.25) is 0 Å². The van der Waals surface area contributed by atoms with Crippen molar-refractivity contribution in [2.75, 3.05) is 13.2 Å². The Labute approximate surface area is 105 Å². The SMILES string of the molecule is CCOC(OCC)C(=O)CC(=O)C1CC(F)(F)C1. The fourth-order valence-corrected chi connectivity index (χ4v) is 1.83. The van der Waals surface area contributed by atoms with Crippen LogP contribution in [-0.2, 0) is 19.1 Å². The fourth-order valence-electron chi connectivity index (χ4n) is 1.83. The minimum atomic E-state index is -2.75. The van der Waals surface area contributed by atoms with Gasteiger partial charge in [0.05, 0.1) is 6.42 Å². The standard InChI is InChI=1S/C12H18F2O4/c1-3-17-11(18-4-2)10(16)5-9(15)8-6-12(13,14)7-8/h8,11H,3-7H2,1-2H3. The second kappa shape index (κ2) is 6.33. The lowest BCUT2D eigenvalue weighted by atomic mass is 9.77. The maximum atomic E-state index is 12.6. The molecule has 1 saturated carbocycles. The van der Waals surface area contributed by atoms with Gasteiger partial charge in [0.15, 0.2) is 5.78 Å². The smallest absolute Gasteiger partial charge is 0.249 e. The average Bonchev–Trinajstić information content (AvgIpc) is 2.25. The van der Waals surface area contributed by atoms with E-state index >= 15 is 0 Å². The summed E-state index contributed by atoms with van der Waals surface area (Å²) in [4.78, 5) is 23.3. The molecular weight excluding hydrogens is 246 g/mol. The maximum absolute atomic E-state index is 12.6. The Bertz CT molecular complexity index is 303. The van der Waals surface area contributed by atoms with E-state index in [1.807, 2.05) is 0 Å². The molecular formula is C12H18F2O4. The van der Waals surface area contributed by atoms with Gasteiger partial charge in [-0.15, -0.1) is 0 Å². The first-order valence-electron chi connectivity index (χ1n) is 6.06. The Morgan fingerprint density at radius 3 is 2.11 bits per heavy atom. The quantitative estimate of drug-likeness (QED) is 0.497. The first-order valence-corrected chi connectivity index (χ1v) is 6.06. The molecule has 0 bridgehead atoms. The van der Waals surface area contributed by atoms with Crippen molar-refractivity contribution in [3.05, 3.63) is 0 Å². The van der Waals surface area contributed by atoms with Crippen LogP contribution in [0.4, 0.5) is 8.78 Å². The predicted molar refractivity (Wildman–Crippen MR) is 59.3 cm³/mol. The highest BCUT2D eigenvalue weighted by Gasteiger charge is 2.48. The van der Waals surface area contributed by atoms with Crippen LogP contribution in [0.5, 0.6) is 0 Å². The molecule has 0 radical (unpaired) electrons. The number of Topliss-reactive ketones (excluding diaryl/α,β-unsaturated/α-hetero) is 2. The summed E-state index contributed by atoms with van der Waals surface area (Å²) >= 11 is 0. The van der Waals surface area contributed by atoms with Gasteiger partial charge in [0.25, 0.3) is 0 Å². The van der Waals surface area contributed by atoms with Gasteiger partial charge in [0, 0.05) is 32.0 Å². The zero-order valence-electron chi connectivity index (χ0n) is 10.6. The zero-order chi connectivity index (χ0) is 13.8. The summed E-state index contributed by atoms with van der Waals surface area (Å²) in [5.74, 6) is -4.40. The molecule has 0 aromatic carbocycles. The van der Waals surface area contributed by atoms with Gasteiger partial charge in [-0.25, -0.2) is 8.78 Å². The molecule has 0 N–H and O–H groups in total. The molecule has 4 nitrogen and oxygen atoms in total. The molecule has 0 spiro atoms. The van der Waals surface area contributed by atoms with Crippen molar-refractivity contribution < 1.29 is 27.8 Å². The zero-order valence-corrected chi connectivity index (χ0v) is 10.6. The van der Waals surface area contributed by atoms with Crippen LogP contribution < -0.4 is 0 Å². The second-order valence-electron chi connectivity index (χ2n) is 4.31. The summed E-state index contributed by atoms with van der Waals surface area (Å²) in [6.45, 7) is 3.97. The van der Waals surface area contributed by atoms with E-state index in [1.165, 1.54) is 0 Å². The molecule has 0 saturated heterocycles. The summed E-state index contributed by atoms with van der Waals surface area (Å²) in [5.41, 5.74) is 0. The van der Waals surface area contributed by atoms with Gasteiger partial charge in [-0.05, 0) is 13.8 Å². The first-order chi connectivity index (χ1) is 8.39. The number of alkyl halides is 2. The molecule has 0 amide bonds. The maximum Gasteiger partial charge on any atom is 0.249 e. The number of ketones is 2. The van der Waals surface area contributed by atoms with Crippen LogP contribution in [-0.4, -0.2) is 37.0 Å². The normalized spacial score (nSPS) is 18.7. The van der Waals surface area contributed by atoms with Crippen LogP contribution in [0.3, 0.4) is 0 Å². The van der Waals surface area contributed by atoms with Crippen molar-refractivity contribution >= 4 is 11.6 Å². The Morgan fingerprint density at radius 2 is 1.72 bits per heavy atom. The summed E-state index contributed by atoms with van der Waals surface area (Å²) in [5, 5.41) is 0. The lowest BCUT2D eigenvalue weighted by molar-refractivity contribution is -0.171. The number of hydrogen-bond donors (Lipinski definition) is 0. The summed E-state index contributed by atoms with van der Waals surface area (Å²) in [6.07, 6.45) is -2.37. The molecule has 0 aromatic rings. The van der Waals surface area contributed by atoms with Crippen LogP contribution >= 0.6 is 0 Å². The third-order valence-electron chi connectivity index (χ3n) is 2.79. The molecule has 0 unspecified atom stereocenters. The molecule has 1 fully saturated rings. The van der Waals surface area contributed by atoms with Gasteiger partial charge >= 0.3 is 0 Å². The van der Waals surface area contributed by atoms with E-state index < -0.39 is 49.0 Å². The Kier molecular flexibility index (Phi) is 5.34. The summed E-state index contributed by atoms with van der Waals surface area (Å²) < 4.78 is 35.3. The first kappa shape index (κ1) is 15.2. The molecule has 1 aliphatic rings. The molecule has 0 atom stereocenters. The molecule has 0 aliphatic heterocycles. The number of halogens is 2. The van der Waals surface area contributed by atoms with E-state index in [0.29, 0.717) is 0 Å². The minimum Gasteiger partial charge on any atom is -0.346 e. The fraction of sp³-hybridized carbons (Fsp3) is 0.833. The topological polar surface area (TPSA) is 52.6 Å². The number of hydrogen-bond acceptors (Lipinski definition) is 4. The van der Waals surface area contributed by atoms with Gasteiger partial charge in [-0.2, -0.15) is 0 Å². The number of carbonyl (C=O) groups is 2. The molecule has 1 rings (SSSR count). The van der Waals surface area contributed by atoms with E-state index in [1.54, 1.807) is 13.8 Å². The summed E-state index contributed by atoms with van der Waals surface area (Å²) in [7, 11) is 0. The van der Waals surface area contributed by atoms with Gasteiger partial charge in [-0.3, -0.25) is 9.59 Å². The lowest BCUT2D eigenvalue weighted by Crippen LogP contribution is -2.41. The van der Waals surface area contributed by atoms with Gasteiger partial charge in [0.2, 0.25) is 12.2 Å². The Morgan fingerprint density at radius 1 is 1.22 bits per heavy atom. The van der Waals surface area contributed by atoms with Crippen molar-refractivity contribution in [2.45, 2.75) is 45.3 Å². The van der Waals surface area contributed by atoms with Gasteiger partial charge < -0.3 is 9.47 Å². The Hall–Kier alpha value is -0.880. The highest BCUT2D eigenvalue weighted by Crippen LogP contribution is 2.43.